The van der Waals surface area contributed by atoms with Gasteiger partial charge >= 0.3 is 0 Å². The highest BCUT2D eigenvalue weighted by Gasteiger charge is 2.15. The highest BCUT2D eigenvalue weighted by Crippen LogP contribution is 2.32. The van der Waals surface area contributed by atoms with E-state index in [0.29, 0.717) is 6.54 Å². The standard InChI is InChI=1S/C22H27N3O3/c26-22(15-23-14-17-9-10-20-21(13-17)28-16-27-20)24-18-7-3-4-8-19(18)25-11-5-1-2-6-12-25/h3-4,7-10,13,23H,1-2,5-6,11-12,14-16H2,(H,24,26). The summed E-state index contributed by atoms with van der Waals surface area (Å²) in [6.45, 7) is 3.22. The van der Waals surface area contributed by atoms with Gasteiger partial charge in [0.25, 0.3) is 0 Å². The fourth-order valence-corrected chi connectivity index (χ4v) is 3.73. The molecule has 1 amide bonds. The third-order valence-electron chi connectivity index (χ3n) is 5.18. The molecule has 2 N–H and O–H groups in total. The number of rotatable bonds is 6. The fourth-order valence-electron chi connectivity index (χ4n) is 3.73. The van der Waals surface area contributed by atoms with Crippen molar-refractivity contribution in [3.63, 3.8) is 0 Å². The summed E-state index contributed by atoms with van der Waals surface area (Å²) in [5.41, 5.74) is 3.06. The second-order valence-electron chi connectivity index (χ2n) is 7.26. The first-order valence-electron chi connectivity index (χ1n) is 10.0. The van der Waals surface area contributed by atoms with Crippen molar-refractivity contribution >= 4 is 17.3 Å². The SMILES string of the molecule is O=C(CNCc1ccc2c(c1)OCO2)Nc1ccccc1N1CCCCCC1. The summed E-state index contributed by atoms with van der Waals surface area (Å²) in [5, 5.41) is 6.27. The lowest BCUT2D eigenvalue weighted by molar-refractivity contribution is -0.115. The Balaban J connectivity index is 1.31. The van der Waals surface area contributed by atoms with Crippen LogP contribution in [0.3, 0.4) is 0 Å². The molecule has 2 heterocycles. The third kappa shape index (κ3) is 4.57. The molecule has 0 radical (unpaired) electrons. The van der Waals surface area contributed by atoms with Crippen LogP contribution in [0, 0.1) is 0 Å². The predicted molar refractivity (Wildman–Crippen MR) is 110 cm³/mol. The largest absolute Gasteiger partial charge is 0.454 e. The van der Waals surface area contributed by atoms with Gasteiger partial charge in [-0.2, -0.15) is 0 Å². The topological polar surface area (TPSA) is 62.8 Å². The molecule has 0 aromatic heterocycles. The van der Waals surface area contributed by atoms with Crippen molar-refractivity contribution < 1.29 is 14.3 Å². The zero-order valence-corrected chi connectivity index (χ0v) is 16.1. The first-order chi connectivity index (χ1) is 13.8. The zero-order chi connectivity index (χ0) is 19.2. The zero-order valence-electron chi connectivity index (χ0n) is 16.1. The van der Waals surface area contributed by atoms with Gasteiger partial charge < -0.3 is 25.0 Å². The number of nitrogens with zero attached hydrogens (tertiary/aromatic N) is 1. The smallest absolute Gasteiger partial charge is 0.238 e. The predicted octanol–water partition coefficient (Wildman–Crippen LogP) is 3.52. The number of amides is 1. The van der Waals surface area contributed by atoms with E-state index in [1.165, 1.54) is 25.7 Å². The molecule has 2 aromatic rings. The molecule has 4 rings (SSSR count). The third-order valence-corrected chi connectivity index (χ3v) is 5.18. The van der Waals surface area contributed by atoms with E-state index in [4.69, 9.17) is 9.47 Å². The van der Waals surface area contributed by atoms with E-state index in [2.05, 4.69) is 21.6 Å². The van der Waals surface area contributed by atoms with Crippen LogP contribution in [0.25, 0.3) is 0 Å². The monoisotopic (exact) mass is 381 g/mol. The number of hydrogen-bond donors (Lipinski definition) is 2. The Morgan fingerprint density at radius 3 is 2.61 bits per heavy atom. The van der Waals surface area contributed by atoms with Crippen LogP contribution in [0.2, 0.25) is 0 Å². The second kappa shape index (κ2) is 8.97. The molecular formula is C22H27N3O3. The molecular weight excluding hydrogens is 354 g/mol. The van der Waals surface area contributed by atoms with E-state index < -0.39 is 0 Å². The minimum Gasteiger partial charge on any atom is -0.454 e. The van der Waals surface area contributed by atoms with E-state index in [1.807, 2.05) is 36.4 Å². The summed E-state index contributed by atoms with van der Waals surface area (Å²) in [4.78, 5) is 14.8. The number of anilines is 2. The van der Waals surface area contributed by atoms with Crippen molar-refractivity contribution in [1.29, 1.82) is 0 Å². The fraction of sp³-hybridized carbons (Fsp3) is 0.409. The molecule has 0 aliphatic carbocycles. The van der Waals surface area contributed by atoms with E-state index in [1.54, 1.807) is 0 Å². The highest BCUT2D eigenvalue weighted by atomic mass is 16.7. The molecule has 0 unspecified atom stereocenters. The number of nitrogens with one attached hydrogen (secondary N) is 2. The van der Waals surface area contributed by atoms with Crippen molar-refractivity contribution in [3.8, 4) is 11.5 Å². The van der Waals surface area contributed by atoms with Gasteiger partial charge in [0.2, 0.25) is 12.7 Å². The Kier molecular flexibility index (Phi) is 5.97. The number of fused-ring (bicyclic) bond motifs is 1. The maximum absolute atomic E-state index is 12.5. The number of hydrogen-bond acceptors (Lipinski definition) is 5. The van der Waals surface area contributed by atoms with Crippen molar-refractivity contribution in [2.24, 2.45) is 0 Å². The lowest BCUT2D eigenvalue weighted by Gasteiger charge is -2.25. The van der Waals surface area contributed by atoms with Gasteiger partial charge in [-0.1, -0.05) is 31.0 Å². The molecule has 6 heteroatoms. The second-order valence-corrected chi connectivity index (χ2v) is 7.26. The van der Waals surface area contributed by atoms with Crippen molar-refractivity contribution in [2.75, 3.05) is 36.6 Å². The number of carbonyl (C=O) groups is 1. The maximum atomic E-state index is 12.5. The minimum absolute atomic E-state index is 0.0389. The first-order valence-corrected chi connectivity index (χ1v) is 10.0. The molecule has 0 atom stereocenters. The van der Waals surface area contributed by atoms with Crippen molar-refractivity contribution in [3.05, 3.63) is 48.0 Å². The van der Waals surface area contributed by atoms with Crippen molar-refractivity contribution in [2.45, 2.75) is 32.2 Å². The lowest BCUT2D eigenvalue weighted by atomic mass is 10.2. The Hall–Kier alpha value is -2.73. The van der Waals surface area contributed by atoms with Crippen LogP contribution >= 0.6 is 0 Å². The number of para-hydroxylation sites is 2. The summed E-state index contributed by atoms with van der Waals surface area (Å²) in [6.07, 6.45) is 4.99. The van der Waals surface area contributed by atoms with Gasteiger partial charge in [0, 0.05) is 19.6 Å². The molecule has 1 saturated heterocycles. The minimum atomic E-state index is -0.0389. The molecule has 0 spiro atoms. The van der Waals surface area contributed by atoms with Gasteiger partial charge in [-0.25, -0.2) is 0 Å². The van der Waals surface area contributed by atoms with E-state index in [-0.39, 0.29) is 19.2 Å². The van der Waals surface area contributed by atoms with Crippen LogP contribution in [0.5, 0.6) is 11.5 Å². The van der Waals surface area contributed by atoms with E-state index in [0.717, 1.165) is 41.5 Å². The van der Waals surface area contributed by atoms with E-state index >= 15 is 0 Å². The average molecular weight is 381 g/mol. The Morgan fingerprint density at radius 2 is 1.75 bits per heavy atom. The van der Waals surface area contributed by atoms with Gasteiger partial charge in [-0.15, -0.1) is 0 Å². The summed E-state index contributed by atoms with van der Waals surface area (Å²) in [6, 6.07) is 13.9. The molecule has 0 saturated carbocycles. The van der Waals surface area contributed by atoms with E-state index in [9.17, 15) is 4.79 Å². The van der Waals surface area contributed by atoms with Crippen LogP contribution in [0.4, 0.5) is 11.4 Å². The Labute approximate surface area is 165 Å². The lowest BCUT2D eigenvalue weighted by Crippen LogP contribution is -2.29. The molecule has 6 nitrogen and oxygen atoms in total. The van der Waals surface area contributed by atoms with Crippen LogP contribution in [0.1, 0.15) is 31.2 Å². The van der Waals surface area contributed by atoms with Crippen LogP contribution in [-0.2, 0) is 11.3 Å². The van der Waals surface area contributed by atoms with Gasteiger partial charge in [-0.3, -0.25) is 4.79 Å². The van der Waals surface area contributed by atoms with Crippen LogP contribution < -0.4 is 25.0 Å². The highest BCUT2D eigenvalue weighted by molar-refractivity contribution is 5.95. The van der Waals surface area contributed by atoms with Gasteiger partial charge in [-0.05, 0) is 42.7 Å². The van der Waals surface area contributed by atoms with Gasteiger partial charge in [0.1, 0.15) is 0 Å². The summed E-state index contributed by atoms with van der Waals surface area (Å²) < 4.78 is 10.7. The maximum Gasteiger partial charge on any atom is 0.238 e. The summed E-state index contributed by atoms with van der Waals surface area (Å²) in [7, 11) is 0. The molecule has 2 aliphatic rings. The quantitative estimate of drug-likeness (QED) is 0.802. The molecule has 2 aromatic carbocycles. The molecule has 148 valence electrons. The van der Waals surface area contributed by atoms with Gasteiger partial charge in [0.05, 0.1) is 17.9 Å². The first kappa shape index (κ1) is 18.6. The number of benzene rings is 2. The average Bonchev–Trinajstić information content (AvgIpc) is 3.00. The van der Waals surface area contributed by atoms with Crippen LogP contribution in [0.15, 0.2) is 42.5 Å². The molecule has 0 bridgehead atoms. The molecule has 2 aliphatic heterocycles. The summed E-state index contributed by atoms with van der Waals surface area (Å²) >= 11 is 0. The number of ether oxygens (including phenoxy) is 2. The Morgan fingerprint density at radius 1 is 0.964 bits per heavy atom. The Bertz CT molecular complexity index is 816. The molecule has 28 heavy (non-hydrogen) atoms. The molecule has 1 fully saturated rings. The van der Waals surface area contributed by atoms with Crippen LogP contribution in [-0.4, -0.2) is 32.3 Å². The van der Waals surface area contributed by atoms with Crippen molar-refractivity contribution in [1.82, 2.24) is 5.32 Å². The number of carbonyl (C=O) groups excluding carboxylic acids is 1. The summed E-state index contributed by atoms with van der Waals surface area (Å²) in [5.74, 6) is 1.49. The normalized spacial score (nSPS) is 15.9. The van der Waals surface area contributed by atoms with Gasteiger partial charge in [0.15, 0.2) is 11.5 Å².